The third-order valence-corrected chi connectivity index (χ3v) is 2.91. The average Bonchev–Trinajstić information content (AvgIpc) is 2.39. The van der Waals surface area contributed by atoms with Gasteiger partial charge in [0.05, 0.1) is 11.6 Å². The summed E-state index contributed by atoms with van der Waals surface area (Å²) in [7, 11) is 0. The van der Waals surface area contributed by atoms with Crippen LogP contribution < -0.4 is 5.63 Å². The van der Waals surface area contributed by atoms with Crippen molar-refractivity contribution in [1.29, 1.82) is 0 Å². The Hall–Kier alpha value is -2.75. The zero-order valence-corrected chi connectivity index (χ0v) is 9.88. The zero-order valence-electron chi connectivity index (χ0n) is 9.88. The van der Waals surface area contributed by atoms with Crippen molar-refractivity contribution in [3.8, 4) is 22.6 Å². The first-order valence-electron chi connectivity index (χ1n) is 5.72. The monoisotopic (exact) mass is 255 g/mol. The molecule has 0 bridgehead atoms. The lowest BCUT2D eigenvalue weighted by molar-refractivity contribution is 0.473. The van der Waals surface area contributed by atoms with Gasteiger partial charge < -0.3 is 14.6 Å². The Balaban J connectivity index is 2.24. The van der Waals surface area contributed by atoms with Crippen LogP contribution in [0, 0.1) is 0 Å². The SMILES string of the molecule is O=c1oc2cc([OH2+])ccc2cc1-c1ccc(O)cc1. The van der Waals surface area contributed by atoms with E-state index in [-0.39, 0.29) is 5.75 Å². The van der Waals surface area contributed by atoms with Gasteiger partial charge in [0, 0.05) is 11.5 Å². The van der Waals surface area contributed by atoms with E-state index >= 15 is 0 Å². The van der Waals surface area contributed by atoms with E-state index in [2.05, 4.69) is 0 Å². The maximum atomic E-state index is 11.9. The Morgan fingerprint density at radius 3 is 2.47 bits per heavy atom. The number of hydrogen-bond donors (Lipinski definition) is 1. The molecule has 19 heavy (non-hydrogen) atoms. The first-order valence-corrected chi connectivity index (χ1v) is 5.72. The Bertz CT molecular complexity index is 800. The third-order valence-electron chi connectivity index (χ3n) is 2.91. The molecule has 0 aliphatic carbocycles. The Morgan fingerprint density at radius 2 is 1.74 bits per heavy atom. The van der Waals surface area contributed by atoms with E-state index in [1.54, 1.807) is 30.3 Å². The van der Waals surface area contributed by atoms with Crippen molar-refractivity contribution in [2.24, 2.45) is 0 Å². The van der Waals surface area contributed by atoms with E-state index in [9.17, 15) is 9.90 Å². The molecule has 0 unspecified atom stereocenters. The quantitative estimate of drug-likeness (QED) is 0.536. The van der Waals surface area contributed by atoms with Gasteiger partial charge in [0.2, 0.25) is 0 Å². The molecule has 0 spiro atoms. The summed E-state index contributed by atoms with van der Waals surface area (Å²) in [4.78, 5) is 11.9. The standard InChI is InChI=1S/C15H10O4/c16-11-4-1-9(2-5-11)13-7-10-3-6-12(17)8-14(10)19-15(13)18/h1-8,16-17H/p+1. The Labute approximate surface area is 108 Å². The molecule has 3 N–H and O–H groups in total. The first kappa shape index (κ1) is 11.3. The summed E-state index contributed by atoms with van der Waals surface area (Å²) in [5.41, 5.74) is 1.07. The fourth-order valence-electron chi connectivity index (χ4n) is 1.95. The minimum absolute atomic E-state index is 0.146. The number of benzene rings is 2. The summed E-state index contributed by atoms with van der Waals surface area (Å²) in [5, 5.41) is 17.5. The van der Waals surface area contributed by atoms with Crippen LogP contribution in [-0.4, -0.2) is 10.2 Å². The molecule has 2 aromatic carbocycles. The molecule has 0 fully saturated rings. The third kappa shape index (κ3) is 2.04. The normalized spacial score (nSPS) is 10.7. The zero-order chi connectivity index (χ0) is 13.4. The maximum Gasteiger partial charge on any atom is 0.344 e. The molecular weight excluding hydrogens is 244 g/mol. The number of rotatable bonds is 1. The van der Waals surface area contributed by atoms with Crippen molar-refractivity contribution in [3.05, 3.63) is 59.0 Å². The molecule has 0 aliphatic rings. The lowest BCUT2D eigenvalue weighted by atomic mass is 10.1. The van der Waals surface area contributed by atoms with Gasteiger partial charge in [-0.1, -0.05) is 12.1 Å². The predicted molar refractivity (Wildman–Crippen MR) is 72.6 cm³/mol. The minimum Gasteiger partial charge on any atom is -0.593 e. The van der Waals surface area contributed by atoms with E-state index < -0.39 is 5.63 Å². The second kappa shape index (κ2) is 4.17. The molecular formula is C15H11O4+. The van der Waals surface area contributed by atoms with E-state index in [0.717, 1.165) is 5.39 Å². The van der Waals surface area contributed by atoms with Crippen LogP contribution in [0.2, 0.25) is 0 Å². The smallest absolute Gasteiger partial charge is 0.344 e. The van der Waals surface area contributed by atoms with Crippen molar-refractivity contribution in [2.45, 2.75) is 0 Å². The van der Waals surface area contributed by atoms with Gasteiger partial charge in [-0.25, -0.2) is 4.79 Å². The highest BCUT2D eigenvalue weighted by atomic mass is 16.4. The highest BCUT2D eigenvalue weighted by Crippen LogP contribution is 2.24. The van der Waals surface area contributed by atoms with E-state index in [4.69, 9.17) is 9.52 Å². The molecule has 0 aliphatic heterocycles. The van der Waals surface area contributed by atoms with Gasteiger partial charge in [0.1, 0.15) is 11.3 Å². The van der Waals surface area contributed by atoms with Crippen molar-refractivity contribution < 1.29 is 14.6 Å². The average molecular weight is 255 g/mol. The number of hydrogen-bond acceptors (Lipinski definition) is 3. The molecule has 0 saturated heterocycles. The largest absolute Gasteiger partial charge is 0.593 e. The van der Waals surface area contributed by atoms with Crippen molar-refractivity contribution >= 4 is 11.0 Å². The van der Waals surface area contributed by atoms with Crippen LogP contribution in [0.15, 0.2) is 57.7 Å². The lowest BCUT2D eigenvalue weighted by Gasteiger charge is -2.02. The lowest BCUT2D eigenvalue weighted by Crippen LogP contribution is -2.02. The first-order chi connectivity index (χ1) is 9.13. The second-order valence-corrected chi connectivity index (χ2v) is 4.25. The van der Waals surface area contributed by atoms with E-state index in [1.807, 2.05) is 0 Å². The number of phenolic OH excluding ortho intramolecular Hbond substituents is 1. The highest BCUT2D eigenvalue weighted by molar-refractivity contribution is 5.82. The molecule has 1 heterocycles. The fraction of sp³-hybridized carbons (Fsp3) is 0. The van der Waals surface area contributed by atoms with Gasteiger partial charge in [0.25, 0.3) is 5.75 Å². The van der Waals surface area contributed by atoms with Crippen LogP contribution in [0.5, 0.6) is 11.5 Å². The molecule has 94 valence electrons. The summed E-state index contributed by atoms with van der Waals surface area (Å²) < 4.78 is 5.22. The van der Waals surface area contributed by atoms with Crippen molar-refractivity contribution in [3.63, 3.8) is 0 Å². The second-order valence-electron chi connectivity index (χ2n) is 4.25. The minimum atomic E-state index is -0.455. The molecule has 0 atom stereocenters. The molecule has 4 nitrogen and oxygen atoms in total. The molecule has 1 aromatic heterocycles. The molecule has 0 radical (unpaired) electrons. The molecule has 4 heteroatoms. The molecule has 3 rings (SSSR count). The number of fused-ring (bicyclic) bond motifs is 1. The maximum absolute atomic E-state index is 11.9. The van der Waals surface area contributed by atoms with E-state index in [1.165, 1.54) is 18.2 Å². The van der Waals surface area contributed by atoms with Gasteiger partial charge in [-0.05, 0) is 29.8 Å². The van der Waals surface area contributed by atoms with Crippen molar-refractivity contribution in [2.75, 3.05) is 0 Å². The topological polar surface area (TPSA) is 73.3 Å². The van der Waals surface area contributed by atoms with Gasteiger partial charge in [0.15, 0.2) is 0 Å². The molecule has 0 amide bonds. The van der Waals surface area contributed by atoms with Crippen molar-refractivity contribution in [1.82, 2.24) is 0 Å². The summed E-state index contributed by atoms with van der Waals surface area (Å²) in [5.74, 6) is 0.445. The number of aromatic hydroxyl groups is 1. The van der Waals surface area contributed by atoms with E-state index in [0.29, 0.717) is 22.5 Å². The van der Waals surface area contributed by atoms with Crippen LogP contribution in [0.4, 0.5) is 0 Å². The summed E-state index contributed by atoms with van der Waals surface area (Å²) >= 11 is 0. The van der Waals surface area contributed by atoms with Crippen LogP contribution in [-0.2, 0) is 0 Å². The summed E-state index contributed by atoms with van der Waals surface area (Å²) in [6.07, 6.45) is 0. The molecule has 3 aromatic rings. The van der Waals surface area contributed by atoms with Gasteiger partial charge in [-0.2, -0.15) is 0 Å². The predicted octanol–water partition coefficient (Wildman–Crippen LogP) is 2.60. The Morgan fingerprint density at radius 1 is 1.00 bits per heavy atom. The summed E-state index contributed by atoms with van der Waals surface area (Å²) in [6.45, 7) is 0. The van der Waals surface area contributed by atoms with Crippen LogP contribution in [0.25, 0.3) is 22.1 Å². The van der Waals surface area contributed by atoms with Crippen LogP contribution in [0.3, 0.4) is 0 Å². The number of phenols is 1. The highest BCUT2D eigenvalue weighted by Gasteiger charge is 2.09. The summed E-state index contributed by atoms with van der Waals surface area (Å²) in [6, 6.07) is 13.0. The Kier molecular flexibility index (Phi) is 2.49. The van der Waals surface area contributed by atoms with Crippen LogP contribution in [0.1, 0.15) is 0 Å². The van der Waals surface area contributed by atoms with Gasteiger partial charge >= 0.3 is 5.63 Å². The van der Waals surface area contributed by atoms with Crippen LogP contribution >= 0.6 is 0 Å². The fourth-order valence-corrected chi connectivity index (χ4v) is 1.95. The molecule has 0 saturated carbocycles. The van der Waals surface area contributed by atoms with Gasteiger partial charge in [-0.3, -0.25) is 0 Å². The van der Waals surface area contributed by atoms with Gasteiger partial charge in [-0.15, -0.1) is 0 Å².